The highest BCUT2D eigenvalue weighted by molar-refractivity contribution is 7.99. The molecule has 0 aliphatic carbocycles. The van der Waals surface area contributed by atoms with Crippen LogP contribution in [0.15, 0.2) is 29.4 Å². The molecular weight excluding hydrogens is 343 g/mol. The first-order chi connectivity index (χ1) is 12.3. The molecule has 0 amide bonds. The number of nitrogens with zero attached hydrogens (tertiary/aromatic N) is 4. The summed E-state index contributed by atoms with van der Waals surface area (Å²) in [4.78, 5) is 2.22. The van der Waals surface area contributed by atoms with Crippen LogP contribution in [0.3, 0.4) is 0 Å². The monoisotopic (exact) mass is 366 g/mol. The molecular formula is C17H23FN4O2S. The summed E-state index contributed by atoms with van der Waals surface area (Å²) in [7, 11) is 0. The van der Waals surface area contributed by atoms with E-state index in [0.717, 1.165) is 56.1 Å². The molecule has 8 heteroatoms. The molecule has 6 nitrogen and oxygen atoms in total. The lowest BCUT2D eigenvalue weighted by molar-refractivity contribution is 0.121. The molecule has 0 radical (unpaired) electrons. The zero-order chi connectivity index (χ0) is 17.5. The lowest BCUT2D eigenvalue weighted by atomic mass is 10.3. The molecule has 3 rings (SSSR count). The Morgan fingerprint density at radius 3 is 2.68 bits per heavy atom. The van der Waals surface area contributed by atoms with Gasteiger partial charge in [0.05, 0.1) is 19.8 Å². The minimum absolute atomic E-state index is 0.252. The Bertz CT molecular complexity index is 659. The molecule has 136 valence electrons. The van der Waals surface area contributed by atoms with E-state index in [1.54, 1.807) is 23.9 Å². The quantitative estimate of drug-likeness (QED) is 0.529. The van der Waals surface area contributed by atoms with Gasteiger partial charge in [-0.1, -0.05) is 11.8 Å². The van der Waals surface area contributed by atoms with Crippen molar-refractivity contribution < 1.29 is 13.9 Å². The maximum atomic E-state index is 12.8. The van der Waals surface area contributed by atoms with Gasteiger partial charge in [0.15, 0.2) is 5.16 Å². The van der Waals surface area contributed by atoms with Crippen LogP contribution in [0.1, 0.15) is 13.3 Å². The Hall–Kier alpha value is -1.80. The van der Waals surface area contributed by atoms with Gasteiger partial charge in [0.25, 0.3) is 0 Å². The van der Waals surface area contributed by atoms with Crippen LogP contribution in [0.25, 0.3) is 0 Å². The number of rotatable bonds is 8. The van der Waals surface area contributed by atoms with E-state index in [9.17, 15) is 4.39 Å². The third kappa shape index (κ3) is 4.85. The van der Waals surface area contributed by atoms with E-state index in [4.69, 9.17) is 9.47 Å². The molecule has 1 saturated heterocycles. The fraction of sp³-hybridized carbons (Fsp3) is 0.529. The van der Waals surface area contributed by atoms with Gasteiger partial charge in [-0.2, -0.15) is 0 Å². The van der Waals surface area contributed by atoms with E-state index in [2.05, 4.69) is 26.6 Å². The summed E-state index contributed by atoms with van der Waals surface area (Å²) >= 11 is 1.69. The predicted molar refractivity (Wildman–Crippen MR) is 96.0 cm³/mol. The largest absolute Gasteiger partial charge is 0.494 e. The minimum atomic E-state index is -0.252. The highest BCUT2D eigenvalue weighted by Crippen LogP contribution is 2.23. The van der Waals surface area contributed by atoms with E-state index < -0.39 is 0 Å². The molecule has 0 saturated carbocycles. The van der Waals surface area contributed by atoms with E-state index >= 15 is 0 Å². The molecule has 1 aliphatic rings. The second kappa shape index (κ2) is 9.05. The number of hydrogen-bond acceptors (Lipinski definition) is 6. The van der Waals surface area contributed by atoms with Crippen molar-refractivity contribution in [3.8, 4) is 5.75 Å². The molecule has 0 N–H and O–H groups in total. The highest BCUT2D eigenvalue weighted by Gasteiger charge is 2.19. The lowest BCUT2D eigenvalue weighted by Gasteiger charge is -2.27. The first-order valence-corrected chi connectivity index (χ1v) is 9.53. The van der Waals surface area contributed by atoms with Crippen LogP contribution in [0.4, 0.5) is 10.3 Å². The molecule has 1 fully saturated rings. The standard InChI is InChI=1S/C17H23FN4O2S/c1-2-22-16(21-8-11-23-12-9-21)19-20-17(22)25-13-3-10-24-15-6-4-14(18)5-7-15/h4-7H,2-3,8-13H2,1H3. The maximum absolute atomic E-state index is 12.8. The second-order valence-electron chi connectivity index (χ2n) is 5.63. The van der Waals surface area contributed by atoms with Gasteiger partial charge in [0.2, 0.25) is 5.95 Å². The summed E-state index contributed by atoms with van der Waals surface area (Å²) in [6, 6.07) is 6.09. The van der Waals surface area contributed by atoms with Gasteiger partial charge in [0.1, 0.15) is 11.6 Å². The van der Waals surface area contributed by atoms with Crippen LogP contribution < -0.4 is 9.64 Å². The smallest absolute Gasteiger partial charge is 0.228 e. The maximum Gasteiger partial charge on any atom is 0.228 e. The van der Waals surface area contributed by atoms with Gasteiger partial charge < -0.3 is 14.4 Å². The first-order valence-electron chi connectivity index (χ1n) is 8.55. The summed E-state index contributed by atoms with van der Waals surface area (Å²) in [5, 5.41) is 9.64. The van der Waals surface area contributed by atoms with E-state index in [0.29, 0.717) is 12.4 Å². The lowest BCUT2D eigenvalue weighted by Crippen LogP contribution is -2.38. The first kappa shape index (κ1) is 18.0. The number of thioether (sulfide) groups is 1. The number of morpholine rings is 1. The van der Waals surface area contributed by atoms with Crippen molar-refractivity contribution in [2.45, 2.75) is 25.0 Å². The van der Waals surface area contributed by atoms with Gasteiger partial charge in [0, 0.05) is 25.4 Å². The molecule has 0 unspecified atom stereocenters. The van der Waals surface area contributed by atoms with Gasteiger partial charge >= 0.3 is 0 Å². The van der Waals surface area contributed by atoms with E-state index in [1.165, 1.54) is 12.1 Å². The van der Waals surface area contributed by atoms with Gasteiger partial charge in [-0.05, 0) is 37.6 Å². The Morgan fingerprint density at radius 1 is 1.20 bits per heavy atom. The number of benzene rings is 1. The van der Waals surface area contributed by atoms with Crippen LogP contribution in [-0.2, 0) is 11.3 Å². The normalized spacial score (nSPS) is 14.7. The molecule has 0 bridgehead atoms. The van der Waals surface area contributed by atoms with Crippen LogP contribution in [0.5, 0.6) is 5.75 Å². The fourth-order valence-electron chi connectivity index (χ4n) is 2.61. The highest BCUT2D eigenvalue weighted by atomic mass is 32.2. The number of anilines is 1. The average molecular weight is 366 g/mol. The molecule has 0 atom stereocenters. The molecule has 25 heavy (non-hydrogen) atoms. The summed E-state index contributed by atoms with van der Waals surface area (Å²) in [6.45, 7) is 6.72. The number of aromatic nitrogens is 3. The van der Waals surface area contributed by atoms with Crippen molar-refractivity contribution in [3.05, 3.63) is 30.1 Å². The van der Waals surface area contributed by atoms with Crippen LogP contribution in [0.2, 0.25) is 0 Å². The summed E-state index contributed by atoms with van der Waals surface area (Å²) < 4.78 is 26.0. The summed E-state index contributed by atoms with van der Waals surface area (Å²) in [5.74, 6) is 2.26. The van der Waals surface area contributed by atoms with Crippen molar-refractivity contribution in [2.75, 3.05) is 43.6 Å². The van der Waals surface area contributed by atoms with Crippen LogP contribution >= 0.6 is 11.8 Å². The molecule has 0 spiro atoms. The van der Waals surface area contributed by atoms with Gasteiger partial charge in [-0.25, -0.2) is 4.39 Å². The zero-order valence-corrected chi connectivity index (χ0v) is 15.2. The van der Waals surface area contributed by atoms with Gasteiger partial charge in [-0.15, -0.1) is 10.2 Å². The Labute approximate surface area is 151 Å². The van der Waals surface area contributed by atoms with Crippen molar-refractivity contribution >= 4 is 17.7 Å². The fourth-order valence-corrected chi connectivity index (χ4v) is 3.51. The van der Waals surface area contributed by atoms with Crippen LogP contribution in [-0.4, -0.2) is 53.4 Å². The average Bonchev–Trinajstić information content (AvgIpc) is 3.06. The number of hydrogen-bond donors (Lipinski definition) is 0. The SMILES string of the molecule is CCn1c(SCCCOc2ccc(F)cc2)nnc1N1CCOCC1. The molecule has 1 aliphatic heterocycles. The molecule has 1 aromatic heterocycles. The minimum Gasteiger partial charge on any atom is -0.494 e. The summed E-state index contributed by atoms with van der Waals surface area (Å²) in [6.07, 6.45) is 0.880. The number of ether oxygens (including phenoxy) is 2. The summed E-state index contributed by atoms with van der Waals surface area (Å²) in [5.41, 5.74) is 0. The van der Waals surface area contributed by atoms with Gasteiger partial charge in [-0.3, -0.25) is 4.57 Å². The number of halogens is 1. The molecule has 1 aromatic carbocycles. The zero-order valence-electron chi connectivity index (χ0n) is 14.4. The predicted octanol–water partition coefficient (Wildman–Crippen LogP) is 2.83. The molecule has 2 heterocycles. The van der Waals surface area contributed by atoms with Crippen molar-refractivity contribution in [2.24, 2.45) is 0 Å². The Kier molecular flexibility index (Phi) is 6.52. The van der Waals surface area contributed by atoms with Crippen molar-refractivity contribution in [3.63, 3.8) is 0 Å². The second-order valence-corrected chi connectivity index (χ2v) is 6.69. The van der Waals surface area contributed by atoms with E-state index in [1.807, 2.05) is 0 Å². The topological polar surface area (TPSA) is 52.4 Å². The van der Waals surface area contributed by atoms with Crippen LogP contribution in [0, 0.1) is 5.82 Å². The molecule has 2 aromatic rings. The van der Waals surface area contributed by atoms with Crippen molar-refractivity contribution in [1.29, 1.82) is 0 Å². The van der Waals surface area contributed by atoms with Crippen molar-refractivity contribution in [1.82, 2.24) is 14.8 Å². The third-order valence-electron chi connectivity index (χ3n) is 3.91. The van der Waals surface area contributed by atoms with E-state index in [-0.39, 0.29) is 5.82 Å². The Morgan fingerprint density at radius 2 is 1.96 bits per heavy atom. The third-order valence-corrected chi connectivity index (χ3v) is 4.96. The Balaban J connectivity index is 1.46.